The maximum Gasteiger partial charge on any atom is 0.251 e. The van der Waals surface area contributed by atoms with Gasteiger partial charge in [-0.2, -0.15) is 0 Å². The smallest absolute Gasteiger partial charge is 0.251 e. The Balaban J connectivity index is 1.82. The lowest BCUT2D eigenvalue weighted by atomic mass is 9.89. The van der Waals surface area contributed by atoms with Crippen molar-refractivity contribution in [1.29, 1.82) is 0 Å². The first-order valence-corrected chi connectivity index (χ1v) is 6.64. The van der Waals surface area contributed by atoms with Crippen LogP contribution >= 0.6 is 0 Å². The van der Waals surface area contributed by atoms with E-state index in [0.29, 0.717) is 11.5 Å². The monoisotopic (exact) mass is 247 g/mol. The molecule has 0 aromatic heterocycles. The summed E-state index contributed by atoms with van der Waals surface area (Å²) < 4.78 is 0. The SMILES string of the molecule is NNc1ccc(C(=O)NCC2CCCCC2)cc1. The number of hydrogen-bond acceptors (Lipinski definition) is 3. The van der Waals surface area contributed by atoms with Crippen molar-refractivity contribution in [3.63, 3.8) is 0 Å². The van der Waals surface area contributed by atoms with E-state index in [0.717, 1.165) is 12.2 Å². The molecule has 1 aliphatic rings. The van der Waals surface area contributed by atoms with E-state index in [1.54, 1.807) is 24.3 Å². The average molecular weight is 247 g/mol. The number of hydrogen-bond donors (Lipinski definition) is 3. The van der Waals surface area contributed by atoms with E-state index in [1.807, 2.05) is 0 Å². The first-order valence-electron chi connectivity index (χ1n) is 6.64. The lowest BCUT2D eigenvalue weighted by Gasteiger charge is -2.21. The zero-order chi connectivity index (χ0) is 12.8. The standard InChI is InChI=1S/C14H21N3O/c15-17-13-8-6-12(7-9-13)14(18)16-10-11-4-2-1-3-5-11/h6-9,11,17H,1-5,10,15H2,(H,16,18). The number of hydrazine groups is 1. The largest absolute Gasteiger partial charge is 0.352 e. The highest BCUT2D eigenvalue weighted by atomic mass is 16.1. The Hall–Kier alpha value is -1.55. The zero-order valence-electron chi connectivity index (χ0n) is 10.6. The summed E-state index contributed by atoms with van der Waals surface area (Å²) in [6.07, 6.45) is 6.44. The minimum absolute atomic E-state index is 0.00384. The van der Waals surface area contributed by atoms with Crippen LogP contribution in [0.4, 0.5) is 5.69 Å². The maximum absolute atomic E-state index is 11.9. The number of anilines is 1. The van der Waals surface area contributed by atoms with E-state index in [4.69, 9.17) is 5.84 Å². The van der Waals surface area contributed by atoms with Gasteiger partial charge < -0.3 is 10.7 Å². The first-order chi connectivity index (χ1) is 8.79. The van der Waals surface area contributed by atoms with Gasteiger partial charge in [0.15, 0.2) is 0 Å². The lowest BCUT2D eigenvalue weighted by molar-refractivity contribution is 0.0943. The van der Waals surface area contributed by atoms with Crippen molar-refractivity contribution in [2.75, 3.05) is 12.0 Å². The number of carbonyl (C=O) groups is 1. The van der Waals surface area contributed by atoms with E-state index in [1.165, 1.54) is 32.1 Å². The molecule has 1 aliphatic carbocycles. The molecular formula is C14H21N3O. The third kappa shape index (κ3) is 3.47. The molecule has 4 nitrogen and oxygen atoms in total. The van der Waals surface area contributed by atoms with Crippen LogP contribution in [-0.4, -0.2) is 12.5 Å². The molecule has 98 valence electrons. The predicted octanol–water partition coefficient (Wildman–Crippen LogP) is 2.28. The van der Waals surface area contributed by atoms with E-state index >= 15 is 0 Å². The van der Waals surface area contributed by atoms with Gasteiger partial charge in [0, 0.05) is 17.8 Å². The second-order valence-corrected chi connectivity index (χ2v) is 4.94. The third-order valence-corrected chi connectivity index (χ3v) is 3.59. The molecule has 0 bridgehead atoms. The highest BCUT2D eigenvalue weighted by Crippen LogP contribution is 2.22. The minimum atomic E-state index is 0.00384. The fraction of sp³-hybridized carbons (Fsp3) is 0.500. The van der Waals surface area contributed by atoms with Gasteiger partial charge in [-0.25, -0.2) is 0 Å². The molecule has 1 aromatic carbocycles. The van der Waals surface area contributed by atoms with Gasteiger partial charge in [0.1, 0.15) is 0 Å². The van der Waals surface area contributed by atoms with Crippen molar-refractivity contribution < 1.29 is 4.79 Å². The van der Waals surface area contributed by atoms with Gasteiger partial charge in [-0.1, -0.05) is 19.3 Å². The van der Waals surface area contributed by atoms with E-state index in [2.05, 4.69) is 10.7 Å². The molecule has 1 aromatic rings. The number of nitrogens with two attached hydrogens (primary N) is 1. The van der Waals surface area contributed by atoms with Gasteiger partial charge >= 0.3 is 0 Å². The quantitative estimate of drug-likeness (QED) is 0.565. The number of nitrogens with one attached hydrogen (secondary N) is 2. The summed E-state index contributed by atoms with van der Waals surface area (Å²) in [6.45, 7) is 0.801. The molecule has 4 heteroatoms. The van der Waals surface area contributed by atoms with Crippen molar-refractivity contribution in [3.8, 4) is 0 Å². The van der Waals surface area contributed by atoms with Crippen LogP contribution in [0.3, 0.4) is 0 Å². The molecule has 0 unspecified atom stereocenters. The molecule has 0 atom stereocenters. The van der Waals surface area contributed by atoms with Crippen LogP contribution in [0.5, 0.6) is 0 Å². The Morgan fingerprint density at radius 2 is 1.83 bits per heavy atom. The summed E-state index contributed by atoms with van der Waals surface area (Å²) in [5.74, 6) is 5.95. The topological polar surface area (TPSA) is 67.1 Å². The van der Waals surface area contributed by atoms with Gasteiger partial charge in [0.2, 0.25) is 0 Å². The minimum Gasteiger partial charge on any atom is -0.352 e. The molecule has 4 N–H and O–H groups in total. The second-order valence-electron chi connectivity index (χ2n) is 4.94. The Bertz CT molecular complexity index is 383. The molecule has 0 heterocycles. The molecular weight excluding hydrogens is 226 g/mol. The predicted molar refractivity (Wildman–Crippen MR) is 73.2 cm³/mol. The van der Waals surface area contributed by atoms with Crippen molar-refractivity contribution in [2.45, 2.75) is 32.1 Å². The van der Waals surface area contributed by atoms with Gasteiger partial charge in [-0.05, 0) is 43.0 Å². The van der Waals surface area contributed by atoms with Crippen molar-refractivity contribution >= 4 is 11.6 Å². The molecule has 2 rings (SSSR count). The number of benzene rings is 1. The van der Waals surface area contributed by atoms with Crippen molar-refractivity contribution in [2.24, 2.45) is 11.8 Å². The van der Waals surface area contributed by atoms with Crippen LogP contribution in [0.15, 0.2) is 24.3 Å². The summed E-state index contributed by atoms with van der Waals surface area (Å²) in [5, 5.41) is 3.02. The first kappa shape index (κ1) is 12.9. The van der Waals surface area contributed by atoms with E-state index in [9.17, 15) is 4.79 Å². The molecule has 18 heavy (non-hydrogen) atoms. The van der Waals surface area contributed by atoms with Gasteiger partial charge in [-0.3, -0.25) is 10.6 Å². The molecule has 1 amide bonds. The summed E-state index contributed by atoms with van der Waals surface area (Å²) in [5.41, 5.74) is 4.03. The summed E-state index contributed by atoms with van der Waals surface area (Å²) in [7, 11) is 0. The Labute approximate surface area is 108 Å². The molecule has 0 spiro atoms. The Morgan fingerprint density at radius 1 is 1.17 bits per heavy atom. The third-order valence-electron chi connectivity index (χ3n) is 3.59. The van der Waals surface area contributed by atoms with Crippen LogP contribution in [0, 0.1) is 5.92 Å². The fourth-order valence-corrected chi connectivity index (χ4v) is 2.45. The molecule has 0 saturated heterocycles. The fourth-order valence-electron chi connectivity index (χ4n) is 2.45. The van der Waals surface area contributed by atoms with Gasteiger partial charge in [0.25, 0.3) is 5.91 Å². The van der Waals surface area contributed by atoms with Crippen LogP contribution in [0.1, 0.15) is 42.5 Å². The molecule has 1 fully saturated rings. The number of nitrogen functional groups attached to an aromatic ring is 1. The maximum atomic E-state index is 11.9. The summed E-state index contributed by atoms with van der Waals surface area (Å²) in [4.78, 5) is 11.9. The molecule has 0 aliphatic heterocycles. The highest BCUT2D eigenvalue weighted by molar-refractivity contribution is 5.94. The Kier molecular flexibility index (Phi) is 4.59. The van der Waals surface area contributed by atoms with Crippen LogP contribution in [0.25, 0.3) is 0 Å². The van der Waals surface area contributed by atoms with E-state index in [-0.39, 0.29) is 5.91 Å². The number of rotatable bonds is 4. The van der Waals surface area contributed by atoms with Crippen LogP contribution < -0.4 is 16.6 Å². The number of carbonyl (C=O) groups excluding carboxylic acids is 1. The lowest BCUT2D eigenvalue weighted by Crippen LogP contribution is -2.30. The summed E-state index contributed by atoms with van der Waals surface area (Å²) >= 11 is 0. The Morgan fingerprint density at radius 3 is 2.44 bits per heavy atom. The normalized spacial score (nSPS) is 16.3. The van der Waals surface area contributed by atoms with E-state index < -0.39 is 0 Å². The van der Waals surface area contributed by atoms with Crippen LogP contribution in [0.2, 0.25) is 0 Å². The summed E-state index contributed by atoms with van der Waals surface area (Å²) in [6, 6.07) is 7.17. The second kappa shape index (κ2) is 6.40. The average Bonchev–Trinajstić information content (AvgIpc) is 2.46. The van der Waals surface area contributed by atoms with Crippen LogP contribution in [-0.2, 0) is 0 Å². The van der Waals surface area contributed by atoms with Gasteiger partial charge in [-0.15, -0.1) is 0 Å². The van der Waals surface area contributed by atoms with Gasteiger partial charge in [0.05, 0.1) is 0 Å². The molecule has 0 radical (unpaired) electrons. The molecule has 1 saturated carbocycles. The zero-order valence-corrected chi connectivity index (χ0v) is 10.6. The van der Waals surface area contributed by atoms with Crippen molar-refractivity contribution in [3.05, 3.63) is 29.8 Å². The van der Waals surface area contributed by atoms with Crippen molar-refractivity contribution in [1.82, 2.24) is 5.32 Å². The number of amides is 1. The highest BCUT2D eigenvalue weighted by Gasteiger charge is 2.14.